The van der Waals surface area contributed by atoms with Gasteiger partial charge in [0.05, 0.1) is 0 Å². The molecule has 0 aliphatic carbocycles. The van der Waals surface area contributed by atoms with E-state index < -0.39 is 0 Å². The fourth-order valence-electron chi connectivity index (χ4n) is 2.56. The van der Waals surface area contributed by atoms with E-state index in [-0.39, 0.29) is 17.7 Å². The SMILES string of the molecule is CC(=O)N(CCNC(=O)C1CCOCC1)c1cc(Cl)cc(Cl)c1. The summed E-state index contributed by atoms with van der Waals surface area (Å²) in [5, 5.41) is 3.81. The smallest absolute Gasteiger partial charge is 0.223 e. The van der Waals surface area contributed by atoms with Gasteiger partial charge < -0.3 is 15.0 Å². The second-order valence-electron chi connectivity index (χ2n) is 5.48. The lowest BCUT2D eigenvalue weighted by atomic mass is 9.99. The number of halogens is 2. The van der Waals surface area contributed by atoms with Crippen LogP contribution in [0.2, 0.25) is 10.0 Å². The Labute approximate surface area is 145 Å². The number of hydrogen-bond donors (Lipinski definition) is 1. The number of benzene rings is 1. The predicted molar refractivity (Wildman–Crippen MR) is 91.0 cm³/mol. The highest BCUT2D eigenvalue weighted by atomic mass is 35.5. The van der Waals surface area contributed by atoms with E-state index in [1.54, 1.807) is 23.1 Å². The van der Waals surface area contributed by atoms with Crippen molar-refractivity contribution in [3.05, 3.63) is 28.2 Å². The number of rotatable bonds is 5. The molecule has 0 radical (unpaired) electrons. The highest BCUT2D eigenvalue weighted by Gasteiger charge is 2.21. The summed E-state index contributed by atoms with van der Waals surface area (Å²) in [5.41, 5.74) is 0.621. The summed E-state index contributed by atoms with van der Waals surface area (Å²) in [6.07, 6.45) is 1.48. The van der Waals surface area contributed by atoms with Gasteiger partial charge in [-0.15, -0.1) is 0 Å². The summed E-state index contributed by atoms with van der Waals surface area (Å²) in [5.74, 6) is -0.125. The van der Waals surface area contributed by atoms with Crippen molar-refractivity contribution in [2.45, 2.75) is 19.8 Å². The van der Waals surface area contributed by atoms with Crippen molar-refractivity contribution in [1.29, 1.82) is 0 Å². The maximum Gasteiger partial charge on any atom is 0.223 e. The Hall–Kier alpha value is -1.30. The summed E-state index contributed by atoms with van der Waals surface area (Å²) >= 11 is 12.0. The standard InChI is InChI=1S/C16H20Cl2N2O3/c1-11(21)20(15-9-13(17)8-14(18)10-15)5-4-19-16(22)12-2-6-23-7-3-12/h8-10,12H,2-7H2,1H3,(H,19,22). The number of hydrogen-bond acceptors (Lipinski definition) is 3. The van der Waals surface area contributed by atoms with Crippen molar-refractivity contribution in [1.82, 2.24) is 5.32 Å². The Morgan fingerprint density at radius 2 is 1.83 bits per heavy atom. The first-order valence-corrected chi connectivity index (χ1v) is 8.32. The van der Waals surface area contributed by atoms with Crippen molar-refractivity contribution >= 4 is 40.7 Å². The molecule has 1 saturated heterocycles. The number of carbonyl (C=O) groups is 2. The maximum absolute atomic E-state index is 12.1. The van der Waals surface area contributed by atoms with Crippen LogP contribution in [0.1, 0.15) is 19.8 Å². The van der Waals surface area contributed by atoms with E-state index in [0.717, 1.165) is 12.8 Å². The molecule has 1 aliphatic rings. The molecular formula is C16H20Cl2N2O3. The number of carbonyl (C=O) groups excluding carboxylic acids is 2. The highest BCUT2D eigenvalue weighted by molar-refractivity contribution is 6.35. The molecule has 0 saturated carbocycles. The molecule has 7 heteroatoms. The van der Waals surface area contributed by atoms with Gasteiger partial charge in [-0.25, -0.2) is 0 Å². The average Bonchev–Trinajstić information content (AvgIpc) is 2.50. The van der Waals surface area contributed by atoms with Crippen LogP contribution in [-0.2, 0) is 14.3 Å². The van der Waals surface area contributed by atoms with E-state index >= 15 is 0 Å². The monoisotopic (exact) mass is 358 g/mol. The molecule has 1 fully saturated rings. The molecule has 0 bridgehead atoms. The Kier molecular flexibility index (Phi) is 6.69. The van der Waals surface area contributed by atoms with Gasteiger partial charge in [0.15, 0.2) is 0 Å². The van der Waals surface area contributed by atoms with Crippen LogP contribution < -0.4 is 10.2 Å². The summed E-state index contributed by atoms with van der Waals surface area (Å²) < 4.78 is 5.25. The Morgan fingerprint density at radius 1 is 1.22 bits per heavy atom. The van der Waals surface area contributed by atoms with Crippen molar-refractivity contribution < 1.29 is 14.3 Å². The third-order valence-corrected chi connectivity index (χ3v) is 4.20. The first-order valence-electron chi connectivity index (χ1n) is 7.57. The minimum Gasteiger partial charge on any atom is -0.381 e. The number of nitrogens with one attached hydrogen (secondary N) is 1. The van der Waals surface area contributed by atoms with Crippen LogP contribution in [0.4, 0.5) is 5.69 Å². The van der Waals surface area contributed by atoms with E-state index in [9.17, 15) is 9.59 Å². The minimum atomic E-state index is -0.136. The van der Waals surface area contributed by atoms with Crippen molar-refractivity contribution in [2.75, 3.05) is 31.2 Å². The molecule has 126 valence electrons. The van der Waals surface area contributed by atoms with Gasteiger partial charge in [0, 0.05) is 54.9 Å². The quantitative estimate of drug-likeness (QED) is 0.880. The van der Waals surface area contributed by atoms with Crippen molar-refractivity contribution in [3.8, 4) is 0 Å². The van der Waals surface area contributed by atoms with Gasteiger partial charge in [0.25, 0.3) is 0 Å². The zero-order chi connectivity index (χ0) is 16.8. The molecule has 1 N–H and O–H groups in total. The minimum absolute atomic E-state index is 0.00450. The molecule has 1 aliphatic heterocycles. The number of anilines is 1. The van der Waals surface area contributed by atoms with Gasteiger partial charge >= 0.3 is 0 Å². The third-order valence-electron chi connectivity index (χ3n) is 3.77. The molecular weight excluding hydrogens is 339 g/mol. The average molecular weight is 359 g/mol. The fraction of sp³-hybridized carbons (Fsp3) is 0.500. The molecule has 0 aromatic heterocycles. The zero-order valence-corrected chi connectivity index (χ0v) is 14.5. The van der Waals surface area contributed by atoms with Gasteiger partial charge in [0.1, 0.15) is 0 Å². The molecule has 2 rings (SSSR count). The van der Waals surface area contributed by atoms with Crippen molar-refractivity contribution in [2.24, 2.45) is 5.92 Å². The molecule has 0 unspecified atom stereocenters. The molecule has 1 aromatic carbocycles. The van der Waals surface area contributed by atoms with Gasteiger partial charge in [0.2, 0.25) is 11.8 Å². The van der Waals surface area contributed by atoms with Crippen LogP contribution in [0.5, 0.6) is 0 Å². The maximum atomic E-state index is 12.1. The summed E-state index contributed by atoms with van der Waals surface area (Å²) in [6, 6.07) is 4.96. The van der Waals surface area contributed by atoms with Gasteiger partial charge in [-0.05, 0) is 31.0 Å². The Bertz CT molecular complexity index is 554. The molecule has 0 spiro atoms. The highest BCUT2D eigenvalue weighted by Crippen LogP contribution is 2.25. The molecule has 0 atom stereocenters. The summed E-state index contributed by atoms with van der Waals surface area (Å²) in [6.45, 7) is 3.45. The molecule has 2 amide bonds. The zero-order valence-electron chi connectivity index (χ0n) is 13.0. The van der Waals surface area contributed by atoms with Crippen LogP contribution in [0, 0.1) is 5.92 Å². The van der Waals surface area contributed by atoms with Crippen LogP contribution in [0.15, 0.2) is 18.2 Å². The van der Waals surface area contributed by atoms with Crippen LogP contribution in [-0.4, -0.2) is 38.1 Å². The van der Waals surface area contributed by atoms with Crippen LogP contribution >= 0.6 is 23.2 Å². The second kappa shape index (κ2) is 8.52. The van der Waals surface area contributed by atoms with E-state index in [1.165, 1.54) is 6.92 Å². The normalized spacial score (nSPS) is 15.3. The number of nitrogens with zero attached hydrogens (tertiary/aromatic N) is 1. The molecule has 1 aromatic rings. The first-order chi connectivity index (χ1) is 11.0. The lowest BCUT2D eigenvalue weighted by molar-refractivity contribution is -0.127. The van der Waals surface area contributed by atoms with Crippen LogP contribution in [0.25, 0.3) is 0 Å². The molecule has 23 heavy (non-hydrogen) atoms. The van der Waals surface area contributed by atoms with Crippen LogP contribution in [0.3, 0.4) is 0 Å². The number of amides is 2. The summed E-state index contributed by atoms with van der Waals surface area (Å²) in [7, 11) is 0. The van der Waals surface area contributed by atoms with E-state index in [2.05, 4.69) is 5.32 Å². The second-order valence-corrected chi connectivity index (χ2v) is 6.35. The van der Waals surface area contributed by atoms with Gasteiger partial charge in [-0.3, -0.25) is 9.59 Å². The topological polar surface area (TPSA) is 58.6 Å². The Morgan fingerprint density at radius 3 is 2.39 bits per heavy atom. The lowest BCUT2D eigenvalue weighted by Gasteiger charge is -2.24. The largest absolute Gasteiger partial charge is 0.381 e. The van der Waals surface area contributed by atoms with Gasteiger partial charge in [-0.2, -0.15) is 0 Å². The number of ether oxygens (including phenoxy) is 1. The van der Waals surface area contributed by atoms with Crippen molar-refractivity contribution in [3.63, 3.8) is 0 Å². The van der Waals surface area contributed by atoms with Gasteiger partial charge in [-0.1, -0.05) is 23.2 Å². The lowest BCUT2D eigenvalue weighted by Crippen LogP contribution is -2.40. The molecule has 1 heterocycles. The predicted octanol–water partition coefficient (Wildman–Crippen LogP) is 2.89. The Balaban J connectivity index is 1.92. The summed E-state index contributed by atoms with van der Waals surface area (Å²) in [4.78, 5) is 25.5. The van der Waals surface area contributed by atoms with E-state index in [0.29, 0.717) is 42.0 Å². The van der Waals surface area contributed by atoms with E-state index in [1.807, 2.05) is 0 Å². The molecule has 5 nitrogen and oxygen atoms in total. The first kappa shape index (κ1) is 18.0. The van der Waals surface area contributed by atoms with E-state index in [4.69, 9.17) is 27.9 Å². The third kappa shape index (κ3) is 5.37. The fourth-order valence-corrected chi connectivity index (χ4v) is 3.07.